The predicted octanol–water partition coefficient (Wildman–Crippen LogP) is 6.85. The van der Waals surface area contributed by atoms with E-state index in [1.54, 1.807) is 0 Å². The summed E-state index contributed by atoms with van der Waals surface area (Å²) in [6.45, 7) is 3.83. The van der Waals surface area contributed by atoms with E-state index in [0.717, 1.165) is 36.8 Å². The molecule has 0 spiro atoms. The maximum atomic E-state index is 12.4. The van der Waals surface area contributed by atoms with Crippen LogP contribution in [0.15, 0.2) is 48.5 Å². The van der Waals surface area contributed by atoms with Crippen LogP contribution in [0.1, 0.15) is 65.6 Å². The Labute approximate surface area is 158 Å². The monoisotopic (exact) mass is 369 g/mol. The normalized spacial score (nSPS) is 11.4. The summed E-state index contributed by atoms with van der Waals surface area (Å²) in [6.07, 6.45) is 8.45. The molecule has 2 aromatic carbocycles. The minimum absolute atomic E-state index is 0.168. The third-order valence-corrected chi connectivity index (χ3v) is 6.24. The van der Waals surface area contributed by atoms with Crippen LogP contribution in [0.25, 0.3) is 0 Å². The van der Waals surface area contributed by atoms with Gasteiger partial charge in [0.2, 0.25) is 0 Å². The van der Waals surface area contributed by atoms with E-state index in [0.29, 0.717) is 11.7 Å². The van der Waals surface area contributed by atoms with E-state index in [2.05, 4.69) is 30.3 Å². The summed E-state index contributed by atoms with van der Waals surface area (Å²) in [5.41, 5.74) is 3.76. The second-order valence-electron chi connectivity index (χ2n) is 7.03. The molecule has 0 aliphatic rings. The quantitative estimate of drug-likeness (QED) is 0.320. The maximum absolute atomic E-state index is 12.4. The lowest BCUT2D eigenvalue weighted by atomic mass is 10.0. The largest absolute Gasteiger partial charge is 0.420 e. The van der Waals surface area contributed by atoms with E-state index in [-0.39, 0.29) is 5.52 Å². The molecule has 0 aliphatic carbocycles. The fourth-order valence-electron chi connectivity index (χ4n) is 3.31. The number of rotatable bonds is 11. The molecule has 3 heteroatoms. The van der Waals surface area contributed by atoms with Gasteiger partial charge in [-0.1, -0.05) is 72.4 Å². The Kier molecular flexibility index (Phi) is 8.71. The van der Waals surface area contributed by atoms with Gasteiger partial charge in [-0.15, -0.1) is 0 Å². The first kappa shape index (κ1) is 20.5. The predicted molar refractivity (Wildman–Crippen MR) is 111 cm³/mol. The Morgan fingerprint density at radius 2 is 1.35 bits per heavy atom. The molecule has 0 amide bonds. The van der Waals surface area contributed by atoms with Crippen molar-refractivity contribution in [3.63, 3.8) is 0 Å². The highest BCUT2D eigenvalue weighted by atomic mass is 31.1. The summed E-state index contributed by atoms with van der Waals surface area (Å²) >= 11 is 0. The van der Waals surface area contributed by atoms with Crippen LogP contribution >= 0.6 is 7.80 Å². The fourth-order valence-corrected chi connectivity index (χ4v) is 4.63. The molecule has 0 saturated carbocycles. The molecule has 0 saturated heterocycles. The third-order valence-electron chi connectivity index (χ3n) is 4.84. The van der Waals surface area contributed by atoms with Gasteiger partial charge in [0.05, 0.1) is 5.56 Å². The smallest absolute Gasteiger partial charge is 0.234 e. The van der Waals surface area contributed by atoms with Gasteiger partial charge in [0, 0.05) is 0 Å². The van der Waals surface area contributed by atoms with Crippen molar-refractivity contribution in [3.8, 4) is 0 Å². The average molecular weight is 369 g/mol. The summed E-state index contributed by atoms with van der Waals surface area (Å²) in [7, 11) is -1.80. The summed E-state index contributed by atoms with van der Waals surface area (Å²) in [5, 5.41) is 0. The molecule has 0 aromatic heterocycles. The second kappa shape index (κ2) is 11.0. The minimum atomic E-state index is -1.80. The van der Waals surface area contributed by atoms with Crippen LogP contribution in [0.4, 0.5) is 0 Å². The van der Waals surface area contributed by atoms with Crippen molar-refractivity contribution in [2.75, 3.05) is 6.16 Å². The number of aryl methyl sites for hydroxylation is 3. The van der Waals surface area contributed by atoms with Crippen LogP contribution in [-0.4, -0.2) is 11.7 Å². The van der Waals surface area contributed by atoms with Gasteiger partial charge >= 0.3 is 13.3 Å². The van der Waals surface area contributed by atoms with E-state index >= 15 is 0 Å². The van der Waals surface area contributed by atoms with Gasteiger partial charge in [-0.2, -0.15) is 0 Å². The molecular formula is C23H30O2P+. The molecular weight excluding hydrogens is 339 g/mol. The van der Waals surface area contributed by atoms with Gasteiger partial charge in [0.25, 0.3) is 0 Å². The van der Waals surface area contributed by atoms with Crippen molar-refractivity contribution >= 4 is 13.3 Å². The number of unbranched alkanes of at least 4 members (excludes halogenated alkanes) is 5. The van der Waals surface area contributed by atoms with Crippen molar-refractivity contribution in [1.82, 2.24) is 0 Å². The zero-order chi connectivity index (χ0) is 18.8. The van der Waals surface area contributed by atoms with Crippen LogP contribution in [0.5, 0.6) is 0 Å². The number of carbonyl (C=O) groups excluding carboxylic acids is 1. The first-order chi connectivity index (χ1) is 12.6. The number of hydrogen-bond donors (Lipinski definition) is 0. The third kappa shape index (κ3) is 6.50. The van der Waals surface area contributed by atoms with Crippen molar-refractivity contribution < 1.29 is 9.36 Å². The Morgan fingerprint density at radius 3 is 2.00 bits per heavy atom. The molecule has 0 bridgehead atoms. The van der Waals surface area contributed by atoms with E-state index in [1.165, 1.54) is 24.8 Å². The molecule has 1 atom stereocenters. The molecule has 0 N–H and O–H groups in total. The van der Waals surface area contributed by atoms with Crippen molar-refractivity contribution in [1.29, 1.82) is 0 Å². The van der Waals surface area contributed by atoms with Gasteiger partial charge in [0.15, 0.2) is 6.16 Å². The summed E-state index contributed by atoms with van der Waals surface area (Å²) in [5.74, 6) is 0. The van der Waals surface area contributed by atoms with Crippen LogP contribution in [0.3, 0.4) is 0 Å². The van der Waals surface area contributed by atoms with Gasteiger partial charge in [-0.25, -0.2) is 4.79 Å². The highest BCUT2D eigenvalue weighted by molar-refractivity contribution is 7.64. The van der Waals surface area contributed by atoms with Crippen molar-refractivity contribution in [2.45, 2.75) is 58.8 Å². The number of hydrogen-bond acceptors (Lipinski definition) is 2. The first-order valence-electron chi connectivity index (χ1n) is 9.68. The lowest BCUT2D eigenvalue weighted by Gasteiger charge is -2.03. The highest BCUT2D eigenvalue weighted by Crippen LogP contribution is 2.31. The van der Waals surface area contributed by atoms with Crippen molar-refractivity contribution in [3.05, 3.63) is 70.8 Å². The second-order valence-corrected chi connectivity index (χ2v) is 8.64. The van der Waals surface area contributed by atoms with Crippen LogP contribution < -0.4 is 0 Å². The molecule has 0 aliphatic heterocycles. The first-order valence-corrected chi connectivity index (χ1v) is 11.1. The van der Waals surface area contributed by atoms with E-state index in [1.807, 2.05) is 32.0 Å². The summed E-state index contributed by atoms with van der Waals surface area (Å²) in [4.78, 5) is 12.4. The minimum Gasteiger partial charge on any atom is -0.234 e. The zero-order valence-electron chi connectivity index (χ0n) is 16.0. The van der Waals surface area contributed by atoms with Crippen LogP contribution in [-0.2, 0) is 11.0 Å². The Bertz CT molecular complexity index is 702. The Hall–Kier alpha value is -1.79. The lowest BCUT2D eigenvalue weighted by molar-refractivity contribution is 0.107. The Morgan fingerprint density at radius 1 is 0.769 bits per heavy atom. The van der Waals surface area contributed by atoms with Crippen LogP contribution in [0, 0.1) is 13.8 Å². The lowest BCUT2D eigenvalue weighted by Crippen LogP contribution is -2.01. The summed E-state index contributed by atoms with van der Waals surface area (Å²) < 4.78 is 12.3. The Balaban J connectivity index is 1.59. The standard InChI is InChI=1S/C23H30O2P/c1-19-13-12-14-20(2)22(19)23(24)26(25)18-11-6-4-3-5-8-15-21-16-9-7-10-17-21/h7,9-10,12-14,16-17H,3-6,8,11,15,18H2,1-2H3/q+1. The molecule has 0 radical (unpaired) electrons. The molecule has 2 aromatic rings. The zero-order valence-corrected chi connectivity index (χ0v) is 16.9. The van der Waals surface area contributed by atoms with E-state index in [9.17, 15) is 9.36 Å². The van der Waals surface area contributed by atoms with E-state index in [4.69, 9.17) is 0 Å². The molecule has 26 heavy (non-hydrogen) atoms. The van der Waals surface area contributed by atoms with Gasteiger partial charge < -0.3 is 0 Å². The molecule has 2 rings (SSSR count). The van der Waals surface area contributed by atoms with Gasteiger partial charge in [-0.05, 0) is 56.2 Å². The average Bonchev–Trinajstić information content (AvgIpc) is 2.64. The van der Waals surface area contributed by atoms with Gasteiger partial charge in [0.1, 0.15) is 0 Å². The topological polar surface area (TPSA) is 34.1 Å². The fraction of sp³-hybridized carbons (Fsp3) is 0.435. The van der Waals surface area contributed by atoms with E-state index < -0.39 is 7.80 Å². The molecule has 0 heterocycles. The SMILES string of the molecule is Cc1cccc(C)c1C(=O)[P+](=O)CCCCCCCCc1ccccc1. The molecule has 138 valence electrons. The molecule has 1 unspecified atom stereocenters. The number of benzene rings is 2. The maximum Gasteiger partial charge on any atom is 0.420 e. The highest BCUT2D eigenvalue weighted by Gasteiger charge is 2.31. The van der Waals surface area contributed by atoms with Crippen LogP contribution in [0.2, 0.25) is 0 Å². The molecule has 0 fully saturated rings. The van der Waals surface area contributed by atoms with Gasteiger partial charge in [-0.3, -0.25) is 0 Å². The summed E-state index contributed by atoms with van der Waals surface area (Å²) in [6, 6.07) is 16.4. The van der Waals surface area contributed by atoms with Crippen molar-refractivity contribution in [2.24, 2.45) is 0 Å². The number of carbonyl (C=O) groups is 1. The molecule has 2 nitrogen and oxygen atoms in total.